The van der Waals surface area contributed by atoms with Crippen LogP contribution in [-0.4, -0.2) is 47.3 Å². The van der Waals surface area contributed by atoms with Crippen LogP contribution >= 0.6 is 0 Å². The summed E-state index contributed by atoms with van der Waals surface area (Å²) in [6.45, 7) is -0.254. The van der Waals surface area contributed by atoms with Gasteiger partial charge in [0.25, 0.3) is 0 Å². The molecule has 0 fully saturated rings. The van der Waals surface area contributed by atoms with Crippen LogP contribution in [0.1, 0.15) is 11.1 Å². The molecule has 1 aromatic rings. The molecule has 0 spiro atoms. The molecule has 1 unspecified atom stereocenters. The fourth-order valence-electron chi connectivity index (χ4n) is 2.49. The lowest BCUT2D eigenvalue weighted by Gasteiger charge is -2.32. The van der Waals surface area contributed by atoms with Crippen molar-refractivity contribution in [1.29, 1.82) is 0 Å². The Bertz CT molecular complexity index is 627. The zero-order valence-electron chi connectivity index (χ0n) is 10.7. The molecular formula is C13H12N2O5. The van der Waals surface area contributed by atoms with Gasteiger partial charge in [-0.25, -0.2) is 9.59 Å². The minimum absolute atomic E-state index is 0.201. The zero-order chi connectivity index (χ0) is 14.3. The normalized spacial score (nSPS) is 23.6. The van der Waals surface area contributed by atoms with Crippen molar-refractivity contribution in [2.45, 2.75) is 12.0 Å². The number of benzene rings is 1. The summed E-state index contributed by atoms with van der Waals surface area (Å²) in [5.74, 6) is -1.11. The molecule has 1 aliphatic heterocycles. The Balaban J connectivity index is 2.12. The fourth-order valence-corrected chi connectivity index (χ4v) is 2.49. The highest BCUT2D eigenvalue weighted by Gasteiger charge is 2.54. The van der Waals surface area contributed by atoms with Crippen molar-refractivity contribution < 1.29 is 24.2 Å². The average molecular weight is 276 g/mol. The molecule has 0 bridgehead atoms. The van der Waals surface area contributed by atoms with Crippen LogP contribution in [-0.2, 0) is 20.7 Å². The van der Waals surface area contributed by atoms with E-state index in [1.54, 1.807) is 12.1 Å². The number of rotatable bonds is 1. The van der Waals surface area contributed by atoms with Gasteiger partial charge in [-0.1, -0.05) is 24.3 Å². The Morgan fingerprint density at radius 1 is 1.45 bits per heavy atom. The van der Waals surface area contributed by atoms with E-state index in [0.717, 1.165) is 10.6 Å². The lowest BCUT2D eigenvalue weighted by molar-refractivity contribution is -0.162. The van der Waals surface area contributed by atoms with Gasteiger partial charge in [-0.3, -0.25) is 0 Å². The monoisotopic (exact) mass is 276 g/mol. The lowest BCUT2D eigenvalue weighted by Crippen LogP contribution is -2.54. The summed E-state index contributed by atoms with van der Waals surface area (Å²) >= 11 is 0. The van der Waals surface area contributed by atoms with Crippen LogP contribution in [0.4, 0.5) is 4.79 Å². The number of carboxylic acids is 1. The van der Waals surface area contributed by atoms with Crippen LogP contribution < -0.4 is 0 Å². The van der Waals surface area contributed by atoms with Crippen LogP contribution in [0.3, 0.4) is 0 Å². The van der Waals surface area contributed by atoms with Crippen molar-refractivity contribution in [2.75, 3.05) is 13.8 Å². The first-order valence-corrected chi connectivity index (χ1v) is 5.98. The number of hydrogen-bond acceptors (Lipinski definition) is 5. The van der Waals surface area contributed by atoms with E-state index in [-0.39, 0.29) is 18.9 Å². The Hall–Kier alpha value is -2.41. The van der Waals surface area contributed by atoms with Crippen molar-refractivity contribution in [3.05, 3.63) is 35.4 Å². The number of carboxylic acid groups (broad SMARTS) is 1. The molecule has 0 aromatic heterocycles. The van der Waals surface area contributed by atoms with Gasteiger partial charge < -0.3 is 14.6 Å². The number of hydrazone groups is 1. The standard InChI is InChI=1S/C13H12N2O5/c1-19-12(18)15-7-20-13(11(16)17)6-8-4-2-3-5-9(8)10(13)14-15/h2-5H,6-7H2,1H3,(H,16,17). The molecule has 7 nitrogen and oxygen atoms in total. The molecule has 20 heavy (non-hydrogen) atoms. The molecule has 1 heterocycles. The Kier molecular flexibility index (Phi) is 2.72. The smallest absolute Gasteiger partial charge is 0.432 e. The van der Waals surface area contributed by atoms with E-state index >= 15 is 0 Å². The average Bonchev–Trinajstić information content (AvgIpc) is 2.81. The van der Waals surface area contributed by atoms with Crippen LogP contribution in [0.5, 0.6) is 0 Å². The van der Waals surface area contributed by atoms with Crippen LogP contribution in [0.15, 0.2) is 29.4 Å². The van der Waals surface area contributed by atoms with Crippen molar-refractivity contribution in [1.82, 2.24) is 5.01 Å². The molecule has 1 atom stereocenters. The number of nitrogens with zero attached hydrogens (tertiary/aromatic N) is 2. The molecule has 0 saturated carbocycles. The predicted octanol–water partition coefficient (Wildman–Crippen LogP) is 0.826. The van der Waals surface area contributed by atoms with E-state index in [1.165, 1.54) is 7.11 Å². The Morgan fingerprint density at radius 2 is 2.20 bits per heavy atom. The molecule has 1 aliphatic carbocycles. The van der Waals surface area contributed by atoms with E-state index in [2.05, 4.69) is 9.84 Å². The van der Waals surface area contributed by atoms with Gasteiger partial charge in [0.05, 0.1) is 7.11 Å². The summed E-state index contributed by atoms with van der Waals surface area (Å²) < 4.78 is 10.0. The molecule has 1 N–H and O–H groups in total. The zero-order valence-corrected chi connectivity index (χ0v) is 10.7. The van der Waals surface area contributed by atoms with Gasteiger partial charge in [0.1, 0.15) is 12.4 Å². The van der Waals surface area contributed by atoms with Crippen molar-refractivity contribution >= 4 is 17.8 Å². The number of methoxy groups -OCH3 is 1. The maximum Gasteiger partial charge on any atom is 0.432 e. The number of amides is 1. The Morgan fingerprint density at radius 3 is 2.90 bits per heavy atom. The minimum atomic E-state index is -1.52. The summed E-state index contributed by atoms with van der Waals surface area (Å²) in [6, 6.07) is 7.20. The summed E-state index contributed by atoms with van der Waals surface area (Å²) in [4.78, 5) is 23.1. The molecule has 0 radical (unpaired) electrons. The second kappa shape index (κ2) is 4.31. The van der Waals surface area contributed by atoms with E-state index in [9.17, 15) is 14.7 Å². The van der Waals surface area contributed by atoms with Gasteiger partial charge in [-0.15, -0.1) is 0 Å². The largest absolute Gasteiger partial charge is 0.479 e. The molecule has 0 saturated heterocycles. The summed E-state index contributed by atoms with van der Waals surface area (Å²) in [5, 5.41) is 14.6. The van der Waals surface area contributed by atoms with Gasteiger partial charge in [0.15, 0.2) is 0 Å². The van der Waals surface area contributed by atoms with E-state index in [0.29, 0.717) is 5.56 Å². The lowest BCUT2D eigenvalue weighted by atomic mass is 9.98. The number of carbonyl (C=O) groups is 2. The molecule has 2 aliphatic rings. The molecule has 1 aromatic carbocycles. The fraction of sp³-hybridized carbons (Fsp3) is 0.308. The van der Waals surface area contributed by atoms with E-state index < -0.39 is 17.7 Å². The highest BCUT2D eigenvalue weighted by molar-refractivity contribution is 6.21. The second-order valence-corrected chi connectivity index (χ2v) is 4.56. The van der Waals surface area contributed by atoms with Crippen molar-refractivity contribution in [2.24, 2.45) is 5.10 Å². The third kappa shape index (κ3) is 1.60. The van der Waals surface area contributed by atoms with Crippen molar-refractivity contribution in [3.8, 4) is 0 Å². The summed E-state index contributed by atoms with van der Waals surface area (Å²) in [6.07, 6.45) is -0.493. The third-order valence-corrected chi connectivity index (χ3v) is 3.48. The van der Waals surface area contributed by atoms with Gasteiger partial charge >= 0.3 is 12.1 Å². The topological polar surface area (TPSA) is 88.4 Å². The number of carbonyl (C=O) groups excluding carboxylic acids is 1. The molecule has 104 valence electrons. The highest BCUT2D eigenvalue weighted by atomic mass is 16.6. The van der Waals surface area contributed by atoms with Gasteiger partial charge in [0.2, 0.25) is 5.60 Å². The first-order chi connectivity index (χ1) is 9.58. The summed E-state index contributed by atoms with van der Waals surface area (Å²) in [5.41, 5.74) is 0.231. The molecule has 7 heteroatoms. The van der Waals surface area contributed by atoms with Crippen LogP contribution in [0.25, 0.3) is 0 Å². The van der Waals surface area contributed by atoms with Gasteiger partial charge in [-0.05, 0) is 5.56 Å². The first kappa shape index (κ1) is 12.6. The van der Waals surface area contributed by atoms with Crippen molar-refractivity contribution in [3.63, 3.8) is 0 Å². The predicted molar refractivity (Wildman–Crippen MR) is 67.2 cm³/mol. The molecule has 3 rings (SSSR count). The second-order valence-electron chi connectivity index (χ2n) is 4.56. The summed E-state index contributed by atoms with van der Waals surface area (Å²) in [7, 11) is 1.23. The molecular weight excluding hydrogens is 264 g/mol. The van der Waals surface area contributed by atoms with Crippen LogP contribution in [0.2, 0.25) is 0 Å². The number of hydrogen-bond donors (Lipinski definition) is 1. The number of fused-ring (bicyclic) bond motifs is 3. The SMILES string of the molecule is COC(=O)N1COC2(C(=O)O)Cc3ccccc3C2=N1. The van der Waals surface area contributed by atoms with Gasteiger partial charge in [0, 0.05) is 12.0 Å². The van der Waals surface area contributed by atoms with Crippen LogP contribution in [0, 0.1) is 0 Å². The minimum Gasteiger partial charge on any atom is -0.479 e. The number of ether oxygens (including phenoxy) is 2. The molecule has 1 amide bonds. The van der Waals surface area contributed by atoms with Gasteiger partial charge in [-0.2, -0.15) is 10.1 Å². The highest BCUT2D eigenvalue weighted by Crippen LogP contribution is 2.36. The first-order valence-electron chi connectivity index (χ1n) is 5.98. The maximum atomic E-state index is 11.6. The maximum absolute atomic E-state index is 11.6. The van der Waals surface area contributed by atoms with E-state index in [1.807, 2.05) is 12.1 Å². The van der Waals surface area contributed by atoms with E-state index in [4.69, 9.17) is 4.74 Å². The Labute approximate surface area is 114 Å². The quantitative estimate of drug-likeness (QED) is 0.820. The third-order valence-electron chi connectivity index (χ3n) is 3.48. The number of aliphatic carboxylic acids is 1.